The summed E-state index contributed by atoms with van der Waals surface area (Å²) < 4.78 is 5.11. The lowest BCUT2D eigenvalue weighted by atomic mass is 10.1. The first-order chi connectivity index (χ1) is 16.2. The number of carbonyl (C=O) groups excluding carboxylic acids is 2. The van der Waals surface area contributed by atoms with E-state index in [-0.39, 0.29) is 18.9 Å². The predicted octanol–water partition coefficient (Wildman–Crippen LogP) is 6.51. The van der Waals surface area contributed by atoms with Gasteiger partial charge >= 0.3 is 12.1 Å². The summed E-state index contributed by atoms with van der Waals surface area (Å²) in [6.07, 6.45) is 19.9. The van der Waals surface area contributed by atoms with Gasteiger partial charge in [0.05, 0.1) is 0 Å². The van der Waals surface area contributed by atoms with Gasteiger partial charge in [0.15, 0.2) is 0 Å². The highest BCUT2D eigenvalue weighted by Crippen LogP contribution is 2.10. The van der Waals surface area contributed by atoms with E-state index >= 15 is 0 Å². The van der Waals surface area contributed by atoms with E-state index in [0.717, 1.165) is 32.1 Å². The third-order valence-corrected chi connectivity index (χ3v) is 5.40. The number of carboxylic acid groups (broad SMARTS) is 1. The molecule has 2 amide bonds. The largest absolute Gasteiger partial charge is 0.480 e. The number of amides is 2. The minimum atomic E-state index is -1.11. The molecule has 0 aliphatic heterocycles. The van der Waals surface area contributed by atoms with Crippen LogP contribution in [0.2, 0.25) is 0 Å². The summed E-state index contributed by atoms with van der Waals surface area (Å²) in [6, 6.07) is -1.02. The van der Waals surface area contributed by atoms with Gasteiger partial charge < -0.3 is 20.5 Å². The van der Waals surface area contributed by atoms with Gasteiger partial charge in [-0.25, -0.2) is 9.59 Å². The Morgan fingerprint density at radius 2 is 1.38 bits per heavy atom. The molecule has 0 aliphatic rings. The first-order valence-corrected chi connectivity index (χ1v) is 13.3. The van der Waals surface area contributed by atoms with E-state index in [1.54, 1.807) is 20.8 Å². The highest BCUT2D eigenvalue weighted by molar-refractivity contribution is 5.83. The van der Waals surface area contributed by atoms with E-state index in [1.807, 2.05) is 0 Å². The van der Waals surface area contributed by atoms with Gasteiger partial charge in [0, 0.05) is 13.0 Å². The van der Waals surface area contributed by atoms with E-state index in [4.69, 9.17) is 4.74 Å². The molecule has 0 bridgehead atoms. The number of unbranched alkanes of at least 4 members (excludes halogenated alkanes) is 11. The summed E-state index contributed by atoms with van der Waals surface area (Å²) in [4.78, 5) is 35.1. The van der Waals surface area contributed by atoms with Crippen LogP contribution < -0.4 is 10.6 Å². The summed E-state index contributed by atoms with van der Waals surface area (Å²) in [6.45, 7) is 7.61. The number of carbonyl (C=O) groups is 3. The minimum Gasteiger partial charge on any atom is -0.480 e. The summed E-state index contributed by atoms with van der Waals surface area (Å²) >= 11 is 0. The molecule has 3 N–H and O–H groups in total. The molecule has 0 saturated heterocycles. The van der Waals surface area contributed by atoms with E-state index in [1.165, 1.54) is 51.4 Å². The van der Waals surface area contributed by atoms with Crippen molar-refractivity contribution >= 4 is 18.0 Å². The third-order valence-electron chi connectivity index (χ3n) is 5.40. The van der Waals surface area contributed by atoms with Crippen LogP contribution in [0.25, 0.3) is 0 Å². The summed E-state index contributed by atoms with van der Waals surface area (Å²) in [5.74, 6) is -1.37. The lowest BCUT2D eigenvalue weighted by Crippen LogP contribution is -2.43. The fourth-order valence-corrected chi connectivity index (χ4v) is 3.51. The van der Waals surface area contributed by atoms with Crippen LogP contribution in [0.3, 0.4) is 0 Å². The maximum atomic E-state index is 12.1. The van der Waals surface area contributed by atoms with Crippen LogP contribution in [0, 0.1) is 0 Å². The average Bonchev–Trinajstić information content (AvgIpc) is 2.74. The van der Waals surface area contributed by atoms with Gasteiger partial charge in [-0.2, -0.15) is 0 Å². The van der Waals surface area contributed by atoms with Crippen LogP contribution in [-0.4, -0.2) is 41.3 Å². The second kappa shape index (κ2) is 20.3. The molecule has 7 nitrogen and oxygen atoms in total. The Morgan fingerprint density at radius 1 is 0.853 bits per heavy atom. The molecule has 7 heteroatoms. The van der Waals surface area contributed by atoms with Crippen molar-refractivity contribution in [2.75, 3.05) is 6.54 Å². The van der Waals surface area contributed by atoms with Crippen LogP contribution in [0.1, 0.15) is 124 Å². The van der Waals surface area contributed by atoms with Crippen molar-refractivity contribution in [2.45, 2.75) is 136 Å². The maximum absolute atomic E-state index is 12.1. The van der Waals surface area contributed by atoms with Gasteiger partial charge in [0.2, 0.25) is 5.91 Å². The van der Waals surface area contributed by atoms with Crippen molar-refractivity contribution in [2.24, 2.45) is 0 Å². The summed E-state index contributed by atoms with van der Waals surface area (Å²) in [5, 5.41) is 14.4. The van der Waals surface area contributed by atoms with E-state index in [9.17, 15) is 19.5 Å². The number of ether oxygens (including phenoxy) is 1. The molecule has 0 radical (unpaired) electrons. The van der Waals surface area contributed by atoms with Crippen LogP contribution in [-0.2, 0) is 14.3 Å². The summed E-state index contributed by atoms with van der Waals surface area (Å²) in [5.41, 5.74) is -0.617. The van der Waals surface area contributed by atoms with Gasteiger partial charge in [0.25, 0.3) is 0 Å². The molecule has 1 atom stereocenters. The number of allylic oxidation sites excluding steroid dienone is 2. The zero-order valence-corrected chi connectivity index (χ0v) is 22.1. The molecule has 0 aromatic heterocycles. The van der Waals surface area contributed by atoms with Crippen molar-refractivity contribution < 1.29 is 24.2 Å². The van der Waals surface area contributed by atoms with Crippen molar-refractivity contribution in [1.29, 1.82) is 0 Å². The SMILES string of the molecule is CCCCCCCCC=CCCCCCCCC(=O)N[C@@H](CCNC(=O)OC(C)(C)C)C(=O)O. The van der Waals surface area contributed by atoms with Gasteiger partial charge in [-0.3, -0.25) is 4.79 Å². The molecule has 0 heterocycles. The van der Waals surface area contributed by atoms with Crippen LogP contribution >= 0.6 is 0 Å². The van der Waals surface area contributed by atoms with Crippen molar-refractivity contribution in [1.82, 2.24) is 10.6 Å². The van der Waals surface area contributed by atoms with E-state index in [2.05, 4.69) is 29.7 Å². The average molecular weight is 483 g/mol. The molecule has 0 aromatic rings. The highest BCUT2D eigenvalue weighted by atomic mass is 16.6. The van der Waals surface area contributed by atoms with Crippen LogP contribution in [0.15, 0.2) is 12.2 Å². The second-order valence-electron chi connectivity index (χ2n) is 10.0. The molecule has 0 rings (SSSR count). The Balaban J connectivity index is 3.75. The van der Waals surface area contributed by atoms with Gasteiger partial charge in [0.1, 0.15) is 11.6 Å². The van der Waals surface area contributed by atoms with Gasteiger partial charge in [-0.15, -0.1) is 0 Å². The standard InChI is InChI=1S/C27H50N2O5/c1-5-6-7-8-9-10-11-12-13-14-15-16-17-18-19-20-24(30)29-23(25(31)32)21-22-28-26(33)34-27(2,3)4/h12-13,23H,5-11,14-22H2,1-4H3,(H,28,33)(H,29,30)(H,31,32)/t23-/m0/s1. The Bertz CT molecular complexity index is 584. The minimum absolute atomic E-state index is 0.104. The zero-order chi connectivity index (χ0) is 25.7. The van der Waals surface area contributed by atoms with Crippen molar-refractivity contribution in [3.05, 3.63) is 12.2 Å². The molecule has 34 heavy (non-hydrogen) atoms. The Morgan fingerprint density at radius 3 is 1.91 bits per heavy atom. The fraction of sp³-hybridized carbons (Fsp3) is 0.815. The monoisotopic (exact) mass is 482 g/mol. The zero-order valence-electron chi connectivity index (χ0n) is 22.1. The normalized spacial score (nSPS) is 12.5. The quantitative estimate of drug-likeness (QED) is 0.136. The maximum Gasteiger partial charge on any atom is 0.407 e. The fourth-order valence-electron chi connectivity index (χ4n) is 3.51. The topological polar surface area (TPSA) is 105 Å². The Kier molecular flexibility index (Phi) is 19.1. The van der Waals surface area contributed by atoms with Crippen molar-refractivity contribution in [3.8, 4) is 0 Å². The predicted molar refractivity (Wildman–Crippen MR) is 138 cm³/mol. The molecule has 0 saturated carbocycles. The van der Waals surface area contributed by atoms with Crippen LogP contribution in [0.4, 0.5) is 4.79 Å². The first-order valence-electron chi connectivity index (χ1n) is 13.3. The van der Waals surface area contributed by atoms with E-state index < -0.39 is 23.7 Å². The molecule has 0 unspecified atom stereocenters. The second-order valence-corrected chi connectivity index (χ2v) is 10.0. The smallest absolute Gasteiger partial charge is 0.407 e. The van der Waals surface area contributed by atoms with Gasteiger partial charge in [-0.05, 0) is 59.3 Å². The number of nitrogens with one attached hydrogen (secondary N) is 2. The lowest BCUT2D eigenvalue weighted by molar-refractivity contribution is -0.142. The molecular formula is C27H50N2O5. The number of rotatable bonds is 20. The number of hydrogen-bond acceptors (Lipinski definition) is 4. The molecule has 0 fully saturated rings. The number of alkyl carbamates (subject to hydrolysis) is 1. The number of aliphatic carboxylic acids is 1. The Hall–Kier alpha value is -2.05. The van der Waals surface area contributed by atoms with Crippen molar-refractivity contribution in [3.63, 3.8) is 0 Å². The van der Waals surface area contributed by atoms with Crippen LogP contribution in [0.5, 0.6) is 0 Å². The third kappa shape index (κ3) is 21.8. The molecule has 198 valence electrons. The lowest BCUT2D eigenvalue weighted by Gasteiger charge is -2.20. The first kappa shape index (κ1) is 31.9. The summed E-state index contributed by atoms with van der Waals surface area (Å²) in [7, 11) is 0. The molecule has 0 aromatic carbocycles. The highest BCUT2D eigenvalue weighted by Gasteiger charge is 2.21. The molecule has 0 aliphatic carbocycles. The van der Waals surface area contributed by atoms with Gasteiger partial charge in [-0.1, -0.05) is 70.4 Å². The van der Waals surface area contributed by atoms with E-state index in [0.29, 0.717) is 6.42 Å². The Labute approximate surface area is 207 Å². The number of hydrogen-bond donors (Lipinski definition) is 3. The molecular weight excluding hydrogens is 432 g/mol. The molecule has 0 spiro atoms. The number of carboxylic acids is 1.